The van der Waals surface area contributed by atoms with Crippen LogP contribution in [0.5, 0.6) is 0 Å². The number of nitrogens with zero attached hydrogens (tertiary/aromatic N) is 1. The largest absolute Gasteiger partial charge is 0.393 e. The maximum absolute atomic E-state index is 12.4. The van der Waals surface area contributed by atoms with E-state index in [4.69, 9.17) is 11.6 Å². The van der Waals surface area contributed by atoms with Crippen LogP contribution in [0, 0.1) is 0 Å². The second-order valence-corrected chi connectivity index (χ2v) is 12.4. The molecule has 0 saturated heterocycles. The molecule has 0 bridgehead atoms. The predicted molar refractivity (Wildman–Crippen MR) is 142 cm³/mol. The van der Waals surface area contributed by atoms with Gasteiger partial charge in [0.15, 0.2) is 0 Å². The summed E-state index contributed by atoms with van der Waals surface area (Å²) in [6.07, 6.45) is 5.58. The van der Waals surface area contributed by atoms with Crippen molar-refractivity contribution in [1.82, 2.24) is 10.3 Å². The number of benzene rings is 1. The number of carbonyl (C=O) groups is 1. The summed E-state index contributed by atoms with van der Waals surface area (Å²) >= 11 is 8.51. The number of aromatic nitrogens is 1. The number of urea groups is 1. The molecule has 34 heavy (non-hydrogen) atoms. The lowest BCUT2D eigenvalue weighted by atomic mass is 9.87. The summed E-state index contributed by atoms with van der Waals surface area (Å²) in [7, 11) is 0. The van der Waals surface area contributed by atoms with Crippen LogP contribution in [-0.2, 0) is 10.2 Å². The van der Waals surface area contributed by atoms with Gasteiger partial charge in [-0.25, -0.2) is 4.79 Å². The van der Waals surface area contributed by atoms with E-state index < -0.39 is 0 Å². The van der Waals surface area contributed by atoms with Gasteiger partial charge in [-0.2, -0.15) is 0 Å². The molecule has 1 unspecified atom stereocenters. The average molecular weight is 500 g/mol. The smallest absolute Gasteiger partial charge is 0.319 e. The van der Waals surface area contributed by atoms with Crippen LogP contribution < -0.4 is 10.6 Å². The van der Waals surface area contributed by atoms with Gasteiger partial charge in [0.25, 0.3) is 0 Å². The lowest BCUT2D eigenvalue weighted by Crippen LogP contribution is -2.40. The highest BCUT2D eigenvalue weighted by molar-refractivity contribution is 8.03. The summed E-state index contributed by atoms with van der Waals surface area (Å²) in [6, 6.07) is 9.90. The van der Waals surface area contributed by atoms with Gasteiger partial charge in [0, 0.05) is 38.8 Å². The molecule has 0 spiro atoms. The predicted octanol–water partition coefficient (Wildman–Crippen LogP) is 6.85. The van der Waals surface area contributed by atoms with Crippen molar-refractivity contribution in [3.05, 3.63) is 63.8 Å². The van der Waals surface area contributed by atoms with Crippen molar-refractivity contribution in [2.75, 3.05) is 5.32 Å². The van der Waals surface area contributed by atoms with Gasteiger partial charge < -0.3 is 15.7 Å². The van der Waals surface area contributed by atoms with Gasteiger partial charge in [-0.3, -0.25) is 4.98 Å². The molecule has 2 aromatic rings. The number of amides is 2. The maximum atomic E-state index is 12.4. The molecule has 0 radical (unpaired) electrons. The number of anilines is 1. The maximum Gasteiger partial charge on any atom is 0.319 e. The van der Waals surface area contributed by atoms with Crippen LogP contribution in [0.4, 0.5) is 10.5 Å². The molecule has 182 valence electrons. The SMILES string of the molecule is CC(C)(C)c1cc(C2=CSC(C)(c3ccc(NC(=O)NC4CCC(O)CC4)cc3Cl)C2)ccn1. The number of halogens is 1. The molecule has 1 aromatic carbocycles. The summed E-state index contributed by atoms with van der Waals surface area (Å²) in [6.45, 7) is 8.74. The van der Waals surface area contributed by atoms with Gasteiger partial charge >= 0.3 is 6.03 Å². The molecule has 3 N–H and O–H groups in total. The summed E-state index contributed by atoms with van der Waals surface area (Å²) in [5.74, 6) is 0. The van der Waals surface area contributed by atoms with Crippen molar-refractivity contribution in [3.8, 4) is 0 Å². The van der Waals surface area contributed by atoms with Crippen LogP contribution in [-0.4, -0.2) is 28.3 Å². The molecular weight excluding hydrogens is 466 g/mol. The van der Waals surface area contributed by atoms with Crippen LogP contribution in [0.1, 0.15) is 76.6 Å². The molecule has 2 aliphatic rings. The second kappa shape index (κ2) is 9.92. The number of hydrogen-bond donors (Lipinski definition) is 3. The van der Waals surface area contributed by atoms with Gasteiger partial charge in [0.1, 0.15) is 0 Å². The van der Waals surface area contributed by atoms with Crippen LogP contribution in [0.2, 0.25) is 5.02 Å². The Morgan fingerprint density at radius 2 is 1.91 bits per heavy atom. The molecule has 1 atom stereocenters. The molecule has 1 saturated carbocycles. The zero-order chi connectivity index (χ0) is 24.5. The number of aliphatic hydroxyl groups is 1. The van der Waals surface area contributed by atoms with Gasteiger partial charge in [-0.15, -0.1) is 11.8 Å². The standard InChI is InChI=1S/C27H34ClN3O2S/c1-26(2,3)24-13-17(11-12-29-24)18-15-27(4,34-16-18)22-10-7-20(14-23(22)28)31-25(33)30-19-5-8-21(32)9-6-19/h7,10-14,16,19,21,32H,5-6,8-9,15H2,1-4H3,(H2,30,31,33). The number of nitrogens with one attached hydrogen (secondary N) is 2. The third kappa shape index (κ3) is 5.78. The zero-order valence-electron chi connectivity index (χ0n) is 20.3. The number of pyridine rings is 1. The summed E-state index contributed by atoms with van der Waals surface area (Å²) < 4.78 is -0.179. The number of hydrogen-bond acceptors (Lipinski definition) is 4. The Labute approximate surface area is 211 Å². The fourth-order valence-electron chi connectivity index (χ4n) is 4.61. The van der Waals surface area contributed by atoms with Crippen molar-refractivity contribution in [1.29, 1.82) is 0 Å². The number of rotatable bonds is 4. The van der Waals surface area contributed by atoms with E-state index in [0.29, 0.717) is 10.7 Å². The monoisotopic (exact) mass is 499 g/mol. The third-order valence-electron chi connectivity index (χ3n) is 6.72. The van der Waals surface area contributed by atoms with Crippen LogP contribution in [0.15, 0.2) is 41.9 Å². The van der Waals surface area contributed by atoms with E-state index in [-0.39, 0.29) is 28.3 Å². The lowest BCUT2D eigenvalue weighted by Gasteiger charge is -2.27. The third-order valence-corrected chi connectivity index (χ3v) is 8.32. The van der Waals surface area contributed by atoms with E-state index in [2.05, 4.69) is 60.9 Å². The topological polar surface area (TPSA) is 74.2 Å². The summed E-state index contributed by atoms with van der Waals surface area (Å²) in [5, 5.41) is 18.4. The Morgan fingerprint density at radius 3 is 2.59 bits per heavy atom. The molecule has 1 aromatic heterocycles. The highest BCUT2D eigenvalue weighted by Gasteiger charge is 2.35. The first-order chi connectivity index (χ1) is 16.0. The normalized spacial score (nSPS) is 25.1. The molecule has 5 nitrogen and oxygen atoms in total. The molecule has 2 heterocycles. The number of thioether (sulfide) groups is 1. The molecule has 2 amide bonds. The van der Waals surface area contributed by atoms with E-state index in [1.807, 2.05) is 24.4 Å². The molecule has 1 fully saturated rings. The first-order valence-corrected chi connectivity index (χ1v) is 13.2. The molecule has 1 aliphatic heterocycles. The Kier molecular flexibility index (Phi) is 7.32. The fraction of sp³-hybridized carbons (Fsp3) is 0.481. The fourth-order valence-corrected chi connectivity index (χ4v) is 6.22. The van der Waals surface area contributed by atoms with Crippen molar-refractivity contribution >= 4 is 40.7 Å². The van der Waals surface area contributed by atoms with E-state index in [1.165, 1.54) is 11.1 Å². The van der Waals surface area contributed by atoms with Crippen molar-refractivity contribution in [3.63, 3.8) is 0 Å². The first kappa shape index (κ1) is 25.1. The highest BCUT2D eigenvalue weighted by atomic mass is 35.5. The molecular formula is C27H34ClN3O2S. The van der Waals surface area contributed by atoms with Gasteiger partial charge in [-0.1, -0.05) is 38.4 Å². The van der Waals surface area contributed by atoms with E-state index in [0.717, 1.165) is 43.4 Å². The van der Waals surface area contributed by atoms with Crippen LogP contribution >= 0.6 is 23.4 Å². The number of aliphatic hydroxyl groups excluding tert-OH is 1. The Hall–Kier alpha value is -2.02. The van der Waals surface area contributed by atoms with Crippen LogP contribution in [0.3, 0.4) is 0 Å². The lowest BCUT2D eigenvalue weighted by molar-refractivity contribution is 0.118. The van der Waals surface area contributed by atoms with E-state index in [1.54, 1.807) is 11.8 Å². The molecule has 1 aliphatic carbocycles. The van der Waals surface area contributed by atoms with Gasteiger partial charge in [-0.05, 0) is 85.4 Å². The van der Waals surface area contributed by atoms with Crippen molar-refractivity contribution in [2.45, 2.75) is 82.1 Å². The van der Waals surface area contributed by atoms with Crippen LogP contribution in [0.25, 0.3) is 5.57 Å². The second-order valence-electron chi connectivity index (χ2n) is 10.6. The van der Waals surface area contributed by atoms with Gasteiger partial charge in [0.2, 0.25) is 0 Å². The quantitative estimate of drug-likeness (QED) is 0.430. The van der Waals surface area contributed by atoms with Crippen molar-refractivity contribution < 1.29 is 9.90 Å². The number of carbonyl (C=O) groups excluding carboxylic acids is 1. The Morgan fingerprint density at radius 1 is 1.18 bits per heavy atom. The summed E-state index contributed by atoms with van der Waals surface area (Å²) in [4.78, 5) is 17.0. The minimum atomic E-state index is -0.239. The number of allylic oxidation sites excluding steroid dienone is 1. The summed E-state index contributed by atoms with van der Waals surface area (Å²) in [5.41, 5.74) is 5.31. The highest BCUT2D eigenvalue weighted by Crippen LogP contribution is 2.53. The van der Waals surface area contributed by atoms with E-state index in [9.17, 15) is 9.90 Å². The molecule has 7 heteroatoms. The zero-order valence-corrected chi connectivity index (χ0v) is 21.9. The van der Waals surface area contributed by atoms with Gasteiger partial charge in [0.05, 0.1) is 6.10 Å². The average Bonchev–Trinajstić information content (AvgIpc) is 3.18. The first-order valence-electron chi connectivity index (χ1n) is 11.9. The molecule has 4 rings (SSSR count). The van der Waals surface area contributed by atoms with E-state index >= 15 is 0 Å². The minimum Gasteiger partial charge on any atom is -0.393 e. The van der Waals surface area contributed by atoms with Crippen molar-refractivity contribution in [2.24, 2.45) is 0 Å². The Bertz CT molecular complexity index is 1090. The minimum absolute atomic E-state index is 0.00227. The Balaban J connectivity index is 1.41.